The number of nitrogens with zero attached hydrogens (tertiary/aromatic N) is 1. The van der Waals surface area contributed by atoms with Crippen molar-refractivity contribution < 1.29 is 27.6 Å². The molecule has 11 heteroatoms. The van der Waals surface area contributed by atoms with Crippen LogP contribution in [0.25, 0.3) is 0 Å². The van der Waals surface area contributed by atoms with E-state index in [-0.39, 0.29) is 26.9 Å². The molecule has 1 aliphatic heterocycles. The molecule has 0 aromatic heterocycles. The van der Waals surface area contributed by atoms with Crippen LogP contribution in [0.4, 0.5) is 13.2 Å². The molecule has 0 aliphatic carbocycles. The Morgan fingerprint density at radius 3 is 2.05 bits per heavy atom. The molecule has 2 amide bonds. The van der Waals surface area contributed by atoms with Crippen LogP contribution >= 0.6 is 23.2 Å². The van der Waals surface area contributed by atoms with E-state index in [9.17, 15) is 22.8 Å². The first-order valence-electron chi connectivity index (χ1n) is 11.0. The van der Waals surface area contributed by atoms with Crippen LogP contribution < -0.4 is 10.9 Å². The first kappa shape index (κ1) is 26.5. The average Bonchev–Trinajstić information content (AvgIpc) is 3.29. The fraction of sp³-hybridized carbons (Fsp3) is 0.192. The van der Waals surface area contributed by atoms with Crippen molar-refractivity contribution in [3.8, 4) is 0 Å². The van der Waals surface area contributed by atoms with Crippen LogP contribution in [-0.2, 0) is 10.4 Å². The molecule has 6 nitrogen and oxygen atoms in total. The maximum atomic E-state index is 14.2. The highest BCUT2D eigenvalue weighted by Gasteiger charge is 2.62. The highest BCUT2D eigenvalue weighted by atomic mass is 35.5. The molecule has 3 aromatic rings. The van der Waals surface area contributed by atoms with Crippen LogP contribution in [0.15, 0.2) is 65.8 Å². The van der Waals surface area contributed by atoms with Crippen LogP contribution in [0.5, 0.6) is 0 Å². The van der Waals surface area contributed by atoms with E-state index in [1.807, 2.05) is 0 Å². The molecule has 1 aliphatic rings. The van der Waals surface area contributed by atoms with Crippen molar-refractivity contribution in [1.29, 1.82) is 0 Å². The molecule has 0 bridgehead atoms. The number of hydrogen-bond donors (Lipinski definition) is 2. The molecular weight excluding hydrogens is 530 g/mol. The highest BCUT2D eigenvalue weighted by Crippen LogP contribution is 2.49. The van der Waals surface area contributed by atoms with E-state index in [1.165, 1.54) is 24.3 Å². The molecule has 1 unspecified atom stereocenters. The van der Waals surface area contributed by atoms with Crippen molar-refractivity contribution in [2.45, 2.75) is 32.0 Å². The summed E-state index contributed by atoms with van der Waals surface area (Å²) in [5, 5.41) is 3.79. The molecule has 2 N–H and O–H groups in total. The largest absolute Gasteiger partial charge is 0.435 e. The Bertz CT molecular complexity index is 1410. The fourth-order valence-electron chi connectivity index (χ4n) is 4.02. The number of carbonyl (C=O) groups excluding carboxylic acids is 2. The molecule has 0 radical (unpaired) electrons. The number of alkyl halides is 3. The van der Waals surface area contributed by atoms with Gasteiger partial charge in [-0.3, -0.25) is 20.4 Å². The summed E-state index contributed by atoms with van der Waals surface area (Å²) in [5.74, 6) is -1.07. The van der Waals surface area contributed by atoms with Crippen molar-refractivity contribution in [2.24, 2.45) is 5.16 Å². The SMILES string of the molecule is Cc1ccccc1C(=O)NNC(=O)c1ccc(C2=NOC(c3cc(Cl)cc(Cl)c3)(C(F)(F)F)C2)cc1C. The molecule has 0 saturated heterocycles. The van der Waals surface area contributed by atoms with Gasteiger partial charge in [0.2, 0.25) is 0 Å². The second kappa shape index (κ2) is 10.1. The zero-order chi connectivity index (χ0) is 27.0. The molecule has 0 spiro atoms. The van der Waals surface area contributed by atoms with Gasteiger partial charge in [0.1, 0.15) is 0 Å². The third-order valence-corrected chi connectivity index (χ3v) is 6.43. The zero-order valence-corrected chi connectivity index (χ0v) is 21.1. The average molecular weight is 550 g/mol. The lowest BCUT2D eigenvalue weighted by molar-refractivity contribution is -0.275. The van der Waals surface area contributed by atoms with Gasteiger partial charge >= 0.3 is 6.18 Å². The van der Waals surface area contributed by atoms with Crippen molar-refractivity contribution in [1.82, 2.24) is 10.9 Å². The van der Waals surface area contributed by atoms with Crippen LogP contribution in [0.2, 0.25) is 10.0 Å². The fourth-order valence-corrected chi connectivity index (χ4v) is 4.55. The van der Waals surface area contributed by atoms with Gasteiger partial charge in [-0.15, -0.1) is 0 Å². The molecule has 1 heterocycles. The molecular formula is C26H20Cl2F3N3O3. The van der Waals surface area contributed by atoms with Crippen LogP contribution in [0.3, 0.4) is 0 Å². The first-order chi connectivity index (χ1) is 17.4. The number of oxime groups is 1. The molecule has 1 atom stereocenters. The number of halogens is 5. The van der Waals surface area contributed by atoms with Crippen molar-refractivity contribution in [2.75, 3.05) is 0 Å². The van der Waals surface area contributed by atoms with Crippen molar-refractivity contribution in [3.05, 3.63) is 104 Å². The summed E-state index contributed by atoms with van der Waals surface area (Å²) < 4.78 is 42.7. The Labute approximate surface area is 220 Å². The summed E-state index contributed by atoms with van der Waals surface area (Å²) in [5.41, 5.74) is 3.88. The number of hydrazine groups is 1. The lowest BCUT2D eigenvalue weighted by Crippen LogP contribution is -2.42. The molecule has 0 fully saturated rings. The summed E-state index contributed by atoms with van der Waals surface area (Å²) in [6.45, 7) is 3.38. The lowest BCUT2D eigenvalue weighted by Gasteiger charge is -2.29. The minimum Gasteiger partial charge on any atom is -0.374 e. The number of benzene rings is 3. The van der Waals surface area contributed by atoms with E-state index in [4.69, 9.17) is 28.0 Å². The number of carbonyl (C=O) groups is 2. The van der Waals surface area contributed by atoms with E-state index in [0.717, 1.165) is 17.7 Å². The Morgan fingerprint density at radius 2 is 1.49 bits per heavy atom. The van der Waals surface area contributed by atoms with Gasteiger partial charge in [0.15, 0.2) is 0 Å². The molecule has 0 saturated carbocycles. The Hall–Kier alpha value is -3.56. The van der Waals surface area contributed by atoms with E-state index in [2.05, 4.69) is 16.0 Å². The van der Waals surface area contributed by atoms with Gasteiger partial charge in [0.25, 0.3) is 17.4 Å². The summed E-state index contributed by atoms with van der Waals surface area (Å²) in [6, 6.07) is 14.9. The smallest absolute Gasteiger partial charge is 0.374 e. The number of aryl methyl sites for hydroxylation is 2. The maximum absolute atomic E-state index is 14.2. The number of nitrogens with one attached hydrogen (secondary N) is 2. The molecule has 4 rings (SSSR count). The molecule has 37 heavy (non-hydrogen) atoms. The molecule has 3 aromatic carbocycles. The topological polar surface area (TPSA) is 79.8 Å². The maximum Gasteiger partial charge on any atom is 0.435 e. The van der Waals surface area contributed by atoms with Crippen molar-refractivity contribution >= 4 is 40.7 Å². The number of amides is 2. The quantitative estimate of drug-likeness (QED) is 0.376. The van der Waals surface area contributed by atoms with E-state index < -0.39 is 30.0 Å². The standard InChI is InChI=1S/C26H20Cl2F3N3O3/c1-14-5-3-4-6-20(14)23(35)32-33-24(36)21-8-7-16(9-15(21)2)22-13-25(37-34-22,26(29,30)31)17-10-18(27)12-19(28)11-17/h3-12H,13H2,1-2H3,(H,32,35)(H,33,36). The van der Waals surface area contributed by atoms with Gasteiger partial charge in [0.05, 0.1) is 5.71 Å². The second-order valence-corrected chi connectivity index (χ2v) is 9.41. The summed E-state index contributed by atoms with van der Waals surface area (Å²) >= 11 is 11.9. The number of rotatable bonds is 4. The second-order valence-electron chi connectivity index (χ2n) is 8.54. The van der Waals surface area contributed by atoms with Gasteiger partial charge in [-0.05, 0) is 66.9 Å². The van der Waals surface area contributed by atoms with E-state index in [0.29, 0.717) is 16.7 Å². The Morgan fingerprint density at radius 1 is 0.892 bits per heavy atom. The van der Waals surface area contributed by atoms with Gasteiger partial charge in [-0.2, -0.15) is 13.2 Å². The predicted octanol–water partition coefficient (Wildman–Crippen LogP) is 6.27. The molecule has 192 valence electrons. The monoisotopic (exact) mass is 549 g/mol. The summed E-state index contributed by atoms with van der Waals surface area (Å²) in [6.07, 6.45) is -5.44. The van der Waals surface area contributed by atoms with Crippen LogP contribution in [0, 0.1) is 13.8 Å². The predicted molar refractivity (Wildman–Crippen MR) is 134 cm³/mol. The van der Waals surface area contributed by atoms with Crippen molar-refractivity contribution in [3.63, 3.8) is 0 Å². The van der Waals surface area contributed by atoms with Crippen LogP contribution in [-0.4, -0.2) is 23.7 Å². The minimum absolute atomic E-state index is 0.0314. The van der Waals surface area contributed by atoms with Gasteiger partial charge in [0, 0.05) is 33.2 Å². The third kappa shape index (κ3) is 5.28. The van der Waals surface area contributed by atoms with Gasteiger partial charge in [-0.1, -0.05) is 52.6 Å². The Kier molecular flexibility index (Phi) is 7.21. The summed E-state index contributed by atoms with van der Waals surface area (Å²) in [4.78, 5) is 30.0. The van der Waals surface area contributed by atoms with Gasteiger partial charge in [-0.25, -0.2) is 0 Å². The Balaban J connectivity index is 1.52. The van der Waals surface area contributed by atoms with Crippen LogP contribution in [0.1, 0.15) is 49.4 Å². The minimum atomic E-state index is -4.82. The van der Waals surface area contributed by atoms with E-state index >= 15 is 0 Å². The zero-order valence-electron chi connectivity index (χ0n) is 19.5. The number of hydrogen-bond acceptors (Lipinski definition) is 4. The summed E-state index contributed by atoms with van der Waals surface area (Å²) in [7, 11) is 0. The highest BCUT2D eigenvalue weighted by molar-refractivity contribution is 6.34. The lowest BCUT2D eigenvalue weighted by atomic mass is 9.86. The van der Waals surface area contributed by atoms with Gasteiger partial charge < -0.3 is 4.84 Å². The third-order valence-electron chi connectivity index (χ3n) is 6.00. The first-order valence-corrected chi connectivity index (χ1v) is 11.7. The van der Waals surface area contributed by atoms with E-state index in [1.54, 1.807) is 38.1 Å². The normalized spacial score (nSPS) is 17.1.